The van der Waals surface area contributed by atoms with Gasteiger partial charge in [-0.2, -0.15) is 0 Å². The maximum absolute atomic E-state index is 13.0. The van der Waals surface area contributed by atoms with Crippen LogP contribution in [0.15, 0.2) is 0 Å². The lowest BCUT2D eigenvalue weighted by Gasteiger charge is -2.21. The highest BCUT2D eigenvalue weighted by molar-refractivity contribution is 7.47. The first-order chi connectivity index (χ1) is 44.2. The maximum Gasteiger partial charge on any atom is 0.472 e. The molecule has 0 fully saturated rings. The van der Waals surface area contributed by atoms with E-state index in [0.717, 1.165) is 114 Å². The zero-order valence-electron chi connectivity index (χ0n) is 60.2. The molecule has 0 spiro atoms. The largest absolute Gasteiger partial charge is 0.472 e. The number of phosphoric ester groups is 2. The molecule has 19 heteroatoms. The lowest BCUT2D eigenvalue weighted by atomic mass is 9.99. The van der Waals surface area contributed by atoms with Crippen LogP contribution in [0.4, 0.5) is 0 Å². The van der Waals surface area contributed by atoms with Gasteiger partial charge in [0.25, 0.3) is 0 Å². The van der Waals surface area contributed by atoms with Crippen molar-refractivity contribution in [1.29, 1.82) is 0 Å². The lowest BCUT2D eigenvalue weighted by molar-refractivity contribution is -0.161. The topological polar surface area (TPSA) is 237 Å². The second-order valence-corrected chi connectivity index (χ2v) is 30.7. The first kappa shape index (κ1) is 90.1. The monoisotopic (exact) mass is 1350 g/mol. The summed E-state index contributed by atoms with van der Waals surface area (Å²) >= 11 is 0. The molecular formula is C73H142O17P2. The van der Waals surface area contributed by atoms with Gasteiger partial charge in [-0.15, -0.1) is 0 Å². The molecule has 0 aliphatic heterocycles. The number of hydrogen-bond acceptors (Lipinski definition) is 15. The minimum Gasteiger partial charge on any atom is -0.462 e. The molecule has 0 aromatic rings. The SMILES string of the molecule is CCC(C)CCCCCCCCCCCCCCCCCCCCC(=O)OC[C@H](COP(=O)(O)OC[C@@H](O)COP(=O)(O)OC[C@@H](COC(=O)CCCCCCCCC(C)CC)OC(=O)CCCCCCCCCCC(C)C)OC(=O)CCCCCCCCC(C)C. The van der Waals surface area contributed by atoms with E-state index in [4.69, 9.17) is 37.0 Å². The quantitative estimate of drug-likeness (QED) is 0.0222. The number of esters is 4. The smallest absolute Gasteiger partial charge is 0.462 e. The number of carbonyl (C=O) groups excluding carboxylic acids is 4. The van der Waals surface area contributed by atoms with Gasteiger partial charge in [0, 0.05) is 25.7 Å². The van der Waals surface area contributed by atoms with Crippen LogP contribution in [0.3, 0.4) is 0 Å². The third-order valence-electron chi connectivity index (χ3n) is 17.5. The van der Waals surface area contributed by atoms with Crippen molar-refractivity contribution in [3.63, 3.8) is 0 Å². The Balaban J connectivity index is 5.10. The molecule has 0 aromatic carbocycles. The van der Waals surface area contributed by atoms with Crippen LogP contribution in [0, 0.1) is 23.7 Å². The summed E-state index contributed by atoms with van der Waals surface area (Å²) in [5, 5.41) is 10.6. The number of hydrogen-bond donors (Lipinski definition) is 3. The molecule has 3 N–H and O–H groups in total. The van der Waals surface area contributed by atoms with Crippen molar-refractivity contribution >= 4 is 39.5 Å². The molecular weight excluding hydrogens is 1210 g/mol. The molecule has 0 heterocycles. The van der Waals surface area contributed by atoms with E-state index in [1.165, 1.54) is 161 Å². The van der Waals surface area contributed by atoms with Gasteiger partial charge in [0.2, 0.25) is 0 Å². The van der Waals surface area contributed by atoms with E-state index in [-0.39, 0.29) is 25.7 Å². The Kier molecular flexibility index (Phi) is 61.3. The van der Waals surface area contributed by atoms with Crippen LogP contribution in [-0.2, 0) is 65.4 Å². The number of rotatable bonds is 70. The van der Waals surface area contributed by atoms with Gasteiger partial charge in [0.05, 0.1) is 26.4 Å². The Bertz CT molecular complexity index is 1820. The Morgan fingerprint density at radius 1 is 0.304 bits per heavy atom. The van der Waals surface area contributed by atoms with Gasteiger partial charge >= 0.3 is 39.5 Å². The molecule has 0 saturated carbocycles. The van der Waals surface area contributed by atoms with E-state index in [1.54, 1.807) is 0 Å². The Labute approximate surface area is 562 Å². The van der Waals surface area contributed by atoms with Crippen molar-refractivity contribution in [2.24, 2.45) is 23.7 Å². The van der Waals surface area contributed by atoms with Crippen LogP contribution in [0.1, 0.15) is 364 Å². The summed E-state index contributed by atoms with van der Waals surface area (Å²) in [6, 6.07) is 0. The zero-order valence-corrected chi connectivity index (χ0v) is 62.0. The van der Waals surface area contributed by atoms with E-state index in [1.807, 2.05) is 0 Å². The molecule has 0 aliphatic rings. The molecule has 0 radical (unpaired) electrons. The fraction of sp³-hybridized carbons (Fsp3) is 0.945. The van der Waals surface area contributed by atoms with Crippen molar-refractivity contribution in [3.05, 3.63) is 0 Å². The molecule has 0 bridgehead atoms. The van der Waals surface area contributed by atoms with Crippen molar-refractivity contribution in [2.75, 3.05) is 39.6 Å². The van der Waals surface area contributed by atoms with E-state index >= 15 is 0 Å². The van der Waals surface area contributed by atoms with Gasteiger partial charge in [-0.05, 0) is 49.4 Å². The molecule has 0 aliphatic carbocycles. The number of aliphatic hydroxyl groups is 1. The molecule has 4 unspecified atom stereocenters. The lowest BCUT2D eigenvalue weighted by Crippen LogP contribution is -2.30. The highest BCUT2D eigenvalue weighted by Gasteiger charge is 2.30. The second kappa shape index (κ2) is 62.6. The van der Waals surface area contributed by atoms with Crippen LogP contribution in [0.25, 0.3) is 0 Å². The fourth-order valence-corrected chi connectivity index (χ4v) is 12.5. The summed E-state index contributed by atoms with van der Waals surface area (Å²) in [6.07, 6.45) is 46.3. The summed E-state index contributed by atoms with van der Waals surface area (Å²) in [4.78, 5) is 72.5. The highest BCUT2D eigenvalue weighted by atomic mass is 31.2. The molecule has 0 amide bonds. The Morgan fingerprint density at radius 3 is 0.772 bits per heavy atom. The van der Waals surface area contributed by atoms with Crippen molar-refractivity contribution in [2.45, 2.75) is 382 Å². The van der Waals surface area contributed by atoms with Gasteiger partial charge in [-0.1, -0.05) is 312 Å². The molecule has 7 atom stereocenters. The van der Waals surface area contributed by atoms with Gasteiger partial charge < -0.3 is 33.8 Å². The van der Waals surface area contributed by atoms with Gasteiger partial charge in [0.1, 0.15) is 19.3 Å². The first-order valence-electron chi connectivity index (χ1n) is 37.8. The van der Waals surface area contributed by atoms with Gasteiger partial charge in [-0.25, -0.2) is 9.13 Å². The zero-order chi connectivity index (χ0) is 68.2. The predicted octanol–water partition coefficient (Wildman–Crippen LogP) is 20.9. The Morgan fingerprint density at radius 2 is 0.522 bits per heavy atom. The van der Waals surface area contributed by atoms with E-state index in [0.29, 0.717) is 31.6 Å². The average Bonchev–Trinajstić information content (AvgIpc) is 1.38. The van der Waals surface area contributed by atoms with Crippen molar-refractivity contribution in [1.82, 2.24) is 0 Å². The van der Waals surface area contributed by atoms with Crippen molar-refractivity contribution < 1.29 is 80.2 Å². The minimum atomic E-state index is -4.95. The van der Waals surface area contributed by atoms with E-state index in [9.17, 15) is 43.2 Å². The molecule has 0 saturated heterocycles. The maximum atomic E-state index is 13.0. The summed E-state index contributed by atoms with van der Waals surface area (Å²) < 4.78 is 68.2. The van der Waals surface area contributed by atoms with Gasteiger partial charge in [-0.3, -0.25) is 37.3 Å². The Hall–Kier alpha value is -1.94. The second-order valence-electron chi connectivity index (χ2n) is 27.8. The third kappa shape index (κ3) is 64.1. The fourth-order valence-electron chi connectivity index (χ4n) is 11.0. The minimum absolute atomic E-state index is 0.102. The summed E-state index contributed by atoms with van der Waals surface area (Å²) in [5.41, 5.74) is 0. The van der Waals surface area contributed by atoms with Crippen LogP contribution < -0.4 is 0 Å². The van der Waals surface area contributed by atoms with Crippen LogP contribution in [-0.4, -0.2) is 96.7 Å². The summed E-state index contributed by atoms with van der Waals surface area (Å²) in [7, 11) is -9.90. The highest BCUT2D eigenvalue weighted by Crippen LogP contribution is 2.45. The number of carbonyl (C=O) groups is 4. The predicted molar refractivity (Wildman–Crippen MR) is 372 cm³/mol. The number of unbranched alkanes of at least 4 members (excludes halogenated alkanes) is 34. The van der Waals surface area contributed by atoms with Gasteiger partial charge in [0.15, 0.2) is 12.2 Å². The standard InChI is InChI=1S/C73H142O17P2/c1-9-65(7)51-43-35-26-21-19-17-15-13-11-12-14-16-18-20-22-27-37-45-53-70(75)83-59-69(90-73(78)56-48-40-31-29-34-42-50-64(5)6)62-88-92(81,82)86-58-67(74)57-85-91(79,80)87-61-68(60-84-71(76)54-46-38-32-30-36-44-52-66(8)10-2)89-72(77)55-47-39-28-24-23-25-33-41-49-63(3)4/h63-69,74H,9-62H2,1-8H3,(H,79,80)(H,81,82)/t65?,66?,67-,68+,69+/m0/s1. The normalized spacial score (nSPS) is 14.8. The number of ether oxygens (including phenoxy) is 4. The third-order valence-corrected chi connectivity index (χ3v) is 19.4. The van der Waals surface area contributed by atoms with E-state index in [2.05, 4.69) is 55.4 Å². The van der Waals surface area contributed by atoms with Crippen LogP contribution in [0.5, 0.6) is 0 Å². The first-order valence-corrected chi connectivity index (χ1v) is 40.8. The van der Waals surface area contributed by atoms with Crippen molar-refractivity contribution in [3.8, 4) is 0 Å². The van der Waals surface area contributed by atoms with E-state index < -0.39 is 97.5 Å². The number of aliphatic hydroxyl groups excluding tert-OH is 1. The van der Waals surface area contributed by atoms with Crippen LogP contribution in [0.2, 0.25) is 0 Å². The summed E-state index contributed by atoms with van der Waals surface area (Å²) in [5.74, 6) is 0.858. The number of phosphoric acid groups is 2. The molecule has 546 valence electrons. The molecule has 0 rings (SSSR count). The molecule has 17 nitrogen and oxygen atoms in total. The summed E-state index contributed by atoms with van der Waals surface area (Å²) in [6.45, 7) is 14.1. The molecule has 0 aromatic heterocycles. The average molecular weight is 1350 g/mol. The van der Waals surface area contributed by atoms with Crippen LogP contribution >= 0.6 is 15.6 Å². The molecule has 92 heavy (non-hydrogen) atoms.